The number of hydrogen-bond donors (Lipinski definition) is 1. The molecule has 1 amide bonds. The van der Waals surface area contributed by atoms with Crippen LogP contribution in [0.1, 0.15) is 25.0 Å². The lowest BCUT2D eigenvalue weighted by molar-refractivity contribution is -0.118. The number of carbonyl (C=O) groups is 1. The van der Waals surface area contributed by atoms with Crippen LogP contribution in [-0.4, -0.2) is 5.91 Å². The summed E-state index contributed by atoms with van der Waals surface area (Å²) >= 11 is 11.5. The first-order valence-corrected chi connectivity index (χ1v) is 9.87. The second kappa shape index (κ2) is 8.06. The molecule has 2 aromatic rings. The van der Waals surface area contributed by atoms with E-state index in [0.29, 0.717) is 0 Å². The van der Waals surface area contributed by atoms with Crippen molar-refractivity contribution in [1.29, 1.82) is 0 Å². The van der Waals surface area contributed by atoms with Gasteiger partial charge >= 0.3 is 0 Å². The molecule has 28 heavy (non-hydrogen) atoms. The van der Waals surface area contributed by atoms with Gasteiger partial charge in [0.15, 0.2) is 0 Å². The lowest BCUT2D eigenvalue weighted by atomic mass is 10.1. The summed E-state index contributed by atoms with van der Waals surface area (Å²) in [6, 6.07) is 13.4. The van der Waals surface area contributed by atoms with Crippen molar-refractivity contribution in [2.75, 3.05) is 5.32 Å². The minimum absolute atomic E-state index is 0.0294. The second-order valence-corrected chi connectivity index (χ2v) is 8.76. The summed E-state index contributed by atoms with van der Waals surface area (Å²) in [5.74, 6) is -0.141. The van der Waals surface area contributed by atoms with Crippen LogP contribution in [0.4, 0.5) is 17.1 Å². The van der Waals surface area contributed by atoms with E-state index in [1.807, 2.05) is 70.2 Å². The third kappa shape index (κ3) is 4.45. The third-order valence-electron chi connectivity index (χ3n) is 5.36. The number of amides is 1. The van der Waals surface area contributed by atoms with Gasteiger partial charge in [-0.25, -0.2) is 0 Å². The molecule has 0 bridgehead atoms. The maximum Gasteiger partial charge on any atom is 0.228 e. The Hall–Kier alpha value is -2.17. The molecule has 3 rings (SSSR count). The van der Waals surface area contributed by atoms with E-state index in [0.717, 1.165) is 28.2 Å². The van der Waals surface area contributed by atoms with E-state index >= 15 is 0 Å². The smallest absolute Gasteiger partial charge is 0.228 e. The zero-order valence-electron chi connectivity index (χ0n) is 16.3. The summed E-state index contributed by atoms with van der Waals surface area (Å²) in [4.78, 5) is 12.7. The molecule has 1 fully saturated rings. The van der Waals surface area contributed by atoms with E-state index in [2.05, 4.69) is 15.5 Å². The van der Waals surface area contributed by atoms with Gasteiger partial charge in [0.1, 0.15) is 4.49 Å². The lowest BCUT2D eigenvalue weighted by Gasteiger charge is -2.09. The molecule has 2 unspecified atom stereocenters. The maximum absolute atomic E-state index is 12.7. The van der Waals surface area contributed by atoms with Gasteiger partial charge in [-0.3, -0.25) is 4.79 Å². The number of carbonyl (C=O) groups excluding carboxylic acids is 1. The summed E-state index contributed by atoms with van der Waals surface area (Å²) in [6.45, 7) is 8.01. The molecular formula is C22H23Cl2N3O. The highest BCUT2D eigenvalue weighted by molar-refractivity contribution is 6.55. The molecule has 1 N–H and O–H groups in total. The van der Waals surface area contributed by atoms with Crippen molar-refractivity contribution in [2.24, 2.45) is 27.5 Å². The number of hydrogen-bond acceptors (Lipinski definition) is 3. The van der Waals surface area contributed by atoms with Crippen LogP contribution in [0.15, 0.2) is 63.3 Å². The molecule has 1 saturated carbocycles. The fourth-order valence-electron chi connectivity index (χ4n) is 3.47. The van der Waals surface area contributed by atoms with Gasteiger partial charge in [0.05, 0.1) is 17.3 Å². The quantitative estimate of drug-likeness (QED) is 0.513. The monoisotopic (exact) mass is 415 g/mol. The Labute approximate surface area is 175 Å². The highest BCUT2D eigenvalue weighted by Gasteiger charge is 2.60. The normalized spacial score (nSPS) is 20.1. The van der Waals surface area contributed by atoms with Crippen molar-refractivity contribution in [3.05, 3.63) is 64.2 Å². The molecule has 1 aliphatic rings. The van der Waals surface area contributed by atoms with E-state index in [4.69, 9.17) is 23.2 Å². The first-order valence-electron chi connectivity index (χ1n) is 9.12. The summed E-state index contributed by atoms with van der Waals surface area (Å²) < 4.78 is 0.202. The number of benzene rings is 2. The van der Waals surface area contributed by atoms with Gasteiger partial charge in [-0.05, 0) is 66.6 Å². The fraction of sp³-hybridized carbons (Fsp3) is 0.318. The number of azo groups is 1. The molecule has 2 atom stereocenters. The van der Waals surface area contributed by atoms with Gasteiger partial charge in [0.2, 0.25) is 5.91 Å². The van der Waals surface area contributed by atoms with Crippen LogP contribution in [0.3, 0.4) is 0 Å². The first kappa shape index (κ1) is 20.6. The largest absolute Gasteiger partial charge is 0.326 e. The Morgan fingerprint density at radius 2 is 1.79 bits per heavy atom. The number of halogens is 2. The van der Waals surface area contributed by atoms with Crippen LogP contribution in [0.2, 0.25) is 0 Å². The predicted molar refractivity (Wildman–Crippen MR) is 116 cm³/mol. The van der Waals surface area contributed by atoms with Crippen molar-refractivity contribution < 1.29 is 4.79 Å². The van der Waals surface area contributed by atoms with E-state index in [1.54, 1.807) is 6.08 Å². The molecular weight excluding hydrogens is 393 g/mol. The van der Waals surface area contributed by atoms with E-state index in [9.17, 15) is 4.79 Å². The number of rotatable bonds is 5. The summed E-state index contributed by atoms with van der Waals surface area (Å²) in [5, 5.41) is 11.6. The Morgan fingerprint density at radius 3 is 2.43 bits per heavy atom. The molecule has 6 heteroatoms. The third-order valence-corrected chi connectivity index (χ3v) is 5.61. The van der Waals surface area contributed by atoms with Gasteiger partial charge in [-0.2, -0.15) is 10.2 Å². The molecule has 0 heterocycles. The number of nitrogens with zero attached hydrogens (tertiary/aromatic N) is 2. The SMILES string of the molecule is Cc1ccccc1N=Nc1ccc(NC(=O)C2C(C=C(Cl)Cl)C2(C)C)c(C)c1. The number of allylic oxidation sites excluding steroid dienone is 1. The second-order valence-electron chi connectivity index (χ2n) is 7.76. The van der Waals surface area contributed by atoms with Crippen LogP contribution in [0, 0.1) is 31.1 Å². The zero-order chi connectivity index (χ0) is 20.5. The molecule has 1 aliphatic carbocycles. The first-order chi connectivity index (χ1) is 13.2. The minimum atomic E-state index is -0.158. The topological polar surface area (TPSA) is 53.8 Å². The van der Waals surface area contributed by atoms with Gasteiger partial charge in [-0.15, -0.1) is 0 Å². The van der Waals surface area contributed by atoms with Gasteiger partial charge in [-0.1, -0.05) is 55.2 Å². The van der Waals surface area contributed by atoms with Crippen LogP contribution in [-0.2, 0) is 4.79 Å². The van der Waals surface area contributed by atoms with Crippen molar-refractivity contribution in [3.63, 3.8) is 0 Å². The minimum Gasteiger partial charge on any atom is -0.326 e. The van der Waals surface area contributed by atoms with Crippen LogP contribution < -0.4 is 5.32 Å². The standard InChI is InChI=1S/C22H23Cl2N3O/c1-13-7-5-6-8-18(13)27-26-15-9-10-17(14(2)11-15)25-21(28)20-16(12-19(23)24)22(20,3)4/h5-12,16,20H,1-4H3,(H,25,28). The molecule has 2 aromatic carbocycles. The molecule has 0 spiro atoms. The van der Waals surface area contributed by atoms with Crippen molar-refractivity contribution in [3.8, 4) is 0 Å². The predicted octanol–water partition coefficient (Wildman–Crippen LogP) is 7.25. The molecule has 4 nitrogen and oxygen atoms in total. The van der Waals surface area contributed by atoms with E-state index in [-0.39, 0.29) is 27.6 Å². The Kier molecular flexibility index (Phi) is 5.92. The van der Waals surface area contributed by atoms with Crippen molar-refractivity contribution in [1.82, 2.24) is 0 Å². The van der Waals surface area contributed by atoms with Gasteiger partial charge in [0.25, 0.3) is 0 Å². The van der Waals surface area contributed by atoms with Gasteiger partial charge in [0, 0.05) is 5.69 Å². The maximum atomic E-state index is 12.7. The Balaban J connectivity index is 1.71. The summed E-state index contributed by atoms with van der Waals surface area (Å²) in [5.41, 5.74) is 4.18. The molecule has 146 valence electrons. The van der Waals surface area contributed by atoms with E-state index < -0.39 is 0 Å². The van der Waals surface area contributed by atoms with E-state index in [1.165, 1.54) is 0 Å². The highest BCUT2D eigenvalue weighted by Crippen LogP contribution is 2.60. The van der Waals surface area contributed by atoms with Crippen LogP contribution in [0.5, 0.6) is 0 Å². The molecule has 0 saturated heterocycles. The summed E-state index contributed by atoms with van der Waals surface area (Å²) in [6.07, 6.45) is 1.75. The van der Waals surface area contributed by atoms with Gasteiger partial charge < -0.3 is 5.32 Å². The number of anilines is 1. The Bertz CT molecular complexity index is 962. The average molecular weight is 416 g/mol. The fourth-order valence-corrected chi connectivity index (χ4v) is 3.74. The number of nitrogens with one attached hydrogen (secondary N) is 1. The number of aryl methyl sites for hydroxylation is 2. The van der Waals surface area contributed by atoms with Crippen molar-refractivity contribution >= 4 is 46.2 Å². The zero-order valence-corrected chi connectivity index (χ0v) is 17.8. The highest BCUT2D eigenvalue weighted by atomic mass is 35.5. The Morgan fingerprint density at radius 1 is 1.07 bits per heavy atom. The van der Waals surface area contributed by atoms with Crippen LogP contribution in [0.25, 0.3) is 0 Å². The molecule has 0 aromatic heterocycles. The summed E-state index contributed by atoms with van der Waals surface area (Å²) in [7, 11) is 0. The molecule has 0 radical (unpaired) electrons. The van der Waals surface area contributed by atoms with Crippen molar-refractivity contribution in [2.45, 2.75) is 27.7 Å². The lowest BCUT2D eigenvalue weighted by Crippen LogP contribution is -2.17. The van der Waals surface area contributed by atoms with Crippen LogP contribution >= 0.6 is 23.2 Å². The molecule has 0 aliphatic heterocycles. The average Bonchev–Trinajstić information content (AvgIpc) is 3.15.